The van der Waals surface area contributed by atoms with E-state index in [1.54, 1.807) is 18.0 Å². The van der Waals surface area contributed by atoms with Crippen LogP contribution >= 0.6 is 0 Å². The number of ether oxygens (including phenoxy) is 1. The maximum absolute atomic E-state index is 12.1. The van der Waals surface area contributed by atoms with Gasteiger partial charge in [-0.25, -0.2) is 0 Å². The molecule has 138 valence electrons. The van der Waals surface area contributed by atoms with E-state index in [4.69, 9.17) is 4.74 Å². The number of carbonyl (C=O) groups excluding carboxylic acids is 1. The van der Waals surface area contributed by atoms with Crippen LogP contribution in [0.25, 0.3) is 0 Å². The molecule has 0 atom stereocenters. The quantitative estimate of drug-likeness (QED) is 0.451. The molecule has 0 unspecified atom stereocenters. The Morgan fingerprint density at radius 3 is 2.64 bits per heavy atom. The smallest absolute Gasteiger partial charge is 0.240 e. The van der Waals surface area contributed by atoms with Crippen LogP contribution in [0.3, 0.4) is 0 Å². The molecule has 6 nitrogen and oxygen atoms in total. The zero-order valence-electron chi connectivity index (χ0n) is 15.9. The van der Waals surface area contributed by atoms with Crippen molar-refractivity contribution in [3.05, 3.63) is 42.5 Å². The average Bonchev–Trinajstić information content (AvgIpc) is 2.52. The Hall–Kier alpha value is -2.50. The Morgan fingerprint density at radius 2 is 2.04 bits per heavy atom. The first kappa shape index (κ1) is 20.5. The fourth-order valence-corrected chi connectivity index (χ4v) is 2.25. The number of nitrogens with one attached hydrogen (secondary N) is 2. The van der Waals surface area contributed by atoms with E-state index in [2.05, 4.69) is 22.2 Å². The van der Waals surface area contributed by atoms with Gasteiger partial charge in [-0.2, -0.15) is 0 Å². The van der Waals surface area contributed by atoms with Gasteiger partial charge >= 0.3 is 0 Å². The zero-order valence-corrected chi connectivity index (χ0v) is 15.9. The molecule has 1 rings (SSSR count). The predicted molar refractivity (Wildman–Crippen MR) is 103 cm³/mol. The predicted octanol–water partition coefficient (Wildman–Crippen LogP) is 2.17. The van der Waals surface area contributed by atoms with Crippen LogP contribution in [0.2, 0.25) is 0 Å². The zero-order chi connectivity index (χ0) is 18.9. The van der Waals surface area contributed by atoms with Crippen LogP contribution in [0.15, 0.2) is 41.9 Å². The van der Waals surface area contributed by atoms with Crippen molar-refractivity contribution in [2.75, 3.05) is 27.2 Å². The van der Waals surface area contributed by atoms with E-state index >= 15 is 0 Å². The van der Waals surface area contributed by atoms with Gasteiger partial charge < -0.3 is 20.3 Å². The molecule has 0 saturated carbocycles. The molecule has 0 aliphatic rings. The van der Waals surface area contributed by atoms with Gasteiger partial charge in [0, 0.05) is 31.7 Å². The third kappa shape index (κ3) is 7.74. The van der Waals surface area contributed by atoms with Crippen molar-refractivity contribution in [1.82, 2.24) is 15.5 Å². The Bertz CT molecular complexity index is 606. The van der Waals surface area contributed by atoms with Gasteiger partial charge in [-0.3, -0.25) is 9.79 Å². The minimum absolute atomic E-state index is 0.0485. The third-order valence-corrected chi connectivity index (χ3v) is 3.23. The molecule has 2 N–H and O–H groups in total. The van der Waals surface area contributed by atoms with E-state index in [0.29, 0.717) is 19.1 Å². The van der Waals surface area contributed by atoms with Crippen molar-refractivity contribution < 1.29 is 9.53 Å². The topological polar surface area (TPSA) is 66.0 Å². The van der Waals surface area contributed by atoms with Gasteiger partial charge in [-0.05, 0) is 26.8 Å². The first-order valence-corrected chi connectivity index (χ1v) is 8.31. The van der Waals surface area contributed by atoms with Gasteiger partial charge in [0.1, 0.15) is 12.4 Å². The van der Waals surface area contributed by atoms with Crippen LogP contribution in [0.5, 0.6) is 5.75 Å². The molecule has 0 heterocycles. The van der Waals surface area contributed by atoms with E-state index in [-0.39, 0.29) is 18.0 Å². The molecule has 1 amide bonds. The second kappa shape index (κ2) is 9.71. The summed E-state index contributed by atoms with van der Waals surface area (Å²) in [5.41, 5.74) is 0.758. The van der Waals surface area contributed by atoms with Crippen LogP contribution in [-0.2, 0) is 11.3 Å². The van der Waals surface area contributed by atoms with E-state index < -0.39 is 0 Å². The maximum Gasteiger partial charge on any atom is 0.240 e. The summed E-state index contributed by atoms with van der Waals surface area (Å²) >= 11 is 0. The fourth-order valence-electron chi connectivity index (χ4n) is 2.25. The van der Waals surface area contributed by atoms with E-state index in [9.17, 15) is 4.79 Å². The molecule has 0 aliphatic carbocycles. The number of nitrogens with zero attached hydrogens (tertiary/aromatic N) is 2. The molecule has 1 aromatic carbocycles. The Morgan fingerprint density at radius 1 is 1.36 bits per heavy atom. The summed E-state index contributed by atoms with van der Waals surface area (Å²) in [5.74, 6) is 1.40. The van der Waals surface area contributed by atoms with Crippen LogP contribution in [0.1, 0.15) is 26.3 Å². The lowest BCUT2D eigenvalue weighted by molar-refractivity contribution is -0.122. The Labute approximate surface area is 151 Å². The van der Waals surface area contributed by atoms with Crippen LogP contribution in [-0.4, -0.2) is 49.6 Å². The van der Waals surface area contributed by atoms with Gasteiger partial charge in [0.05, 0.1) is 6.54 Å². The highest BCUT2D eigenvalue weighted by molar-refractivity contribution is 5.86. The summed E-state index contributed by atoms with van der Waals surface area (Å²) in [6, 6.07) is 7.80. The van der Waals surface area contributed by atoms with E-state index in [1.807, 2.05) is 52.1 Å². The van der Waals surface area contributed by atoms with Gasteiger partial charge in [0.15, 0.2) is 5.96 Å². The van der Waals surface area contributed by atoms with Gasteiger partial charge in [-0.15, -0.1) is 0 Å². The van der Waals surface area contributed by atoms with E-state index in [0.717, 1.165) is 11.3 Å². The minimum atomic E-state index is -0.254. The molecule has 1 aromatic rings. The molecular formula is C19H30N4O2. The number of amides is 1. The standard InChI is InChI=1S/C19H30N4O2/c1-7-12-25-16-11-9-8-10-15(16)13-21-18(20-5)23(6)14-17(24)22-19(2,3)4/h7-11H,1,12-14H2,2-6H3,(H,20,21)(H,22,24). The molecule has 0 aromatic heterocycles. The summed E-state index contributed by atoms with van der Waals surface area (Å²) < 4.78 is 5.66. The number of aliphatic imine (C=N–C) groups is 1. The number of carbonyl (C=O) groups is 1. The van der Waals surface area contributed by atoms with Crippen LogP contribution < -0.4 is 15.4 Å². The van der Waals surface area contributed by atoms with Gasteiger partial charge in [0.2, 0.25) is 5.91 Å². The molecule has 0 aliphatic heterocycles. The third-order valence-electron chi connectivity index (χ3n) is 3.23. The number of para-hydroxylation sites is 1. The lowest BCUT2D eigenvalue weighted by Gasteiger charge is -2.25. The number of likely N-dealkylation sites (N-methyl/N-ethyl adjacent to an activating group) is 1. The molecule has 0 saturated heterocycles. The van der Waals surface area contributed by atoms with Gasteiger partial charge in [0.25, 0.3) is 0 Å². The number of hydrogen-bond acceptors (Lipinski definition) is 3. The molecule has 6 heteroatoms. The number of rotatable bonds is 7. The second-order valence-corrected chi connectivity index (χ2v) is 6.76. The Balaban J connectivity index is 2.65. The molecule has 0 spiro atoms. The number of benzene rings is 1. The van der Waals surface area contributed by atoms with Crippen molar-refractivity contribution in [2.45, 2.75) is 32.9 Å². The fraction of sp³-hybridized carbons (Fsp3) is 0.474. The molecule has 0 radical (unpaired) electrons. The summed E-state index contributed by atoms with van der Waals surface area (Å²) in [5, 5.41) is 6.20. The first-order valence-electron chi connectivity index (χ1n) is 8.31. The number of guanidine groups is 1. The lowest BCUT2D eigenvalue weighted by atomic mass is 10.1. The summed E-state index contributed by atoms with van der Waals surface area (Å²) in [6.45, 7) is 10.8. The molecule has 0 bridgehead atoms. The first-order chi connectivity index (χ1) is 11.8. The maximum atomic E-state index is 12.1. The summed E-state index contributed by atoms with van der Waals surface area (Å²) in [7, 11) is 3.53. The summed E-state index contributed by atoms with van der Waals surface area (Å²) in [6.07, 6.45) is 1.71. The molecule has 0 fully saturated rings. The second-order valence-electron chi connectivity index (χ2n) is 6.76. The Kier molecular flexibility index (Phi) is 7.98. The van der Waals surface area contributed by atoms with Crippen LogP contribution in [0.4, 0.5) is 0 Å². The largest absolute Gasteiger partial charge is 0.489 e. The normalized spacial score (nSPS) is 11.6. The van der Waals surface area contributed by atoms with Crippen molar-refractivity contribution in [3.63, 3.8) is 0 Å². The van der Waals surface area contributed by atoms with Crippen molar-refractivity contribution >= 4 is 11.9 Å². The molecular weight excluding hydrogens is 316 g/mol. The average molecular weight is 346 g/mol. The van der Waals surface area contributed by atoms with E-state index in [1.165, 1.54) is 0 Å². The SMILES string of the molecule is C=CCOc1ccccc1CNC(=NC)N(C)CC(=O)NC(C)(C)C. The highest BCUT2D eigenvalue weighted by Gasteiger charge is 2.16. The lowest BCUT2D eigenvalue weighted by Crippen LogP contribution is -2.48. The summed E-state index contributed by atoms with van der Waals surface area (Å²) in [4.78, 5) is 18.1. The highest BCUT2D eigenvalue weighted by atomic mass is 16.5. The monoisotopic (exact) mass is 346 g/mol. The van der Waals surface area contributed by atoms with Crippen LogP contribution in [0, 0.1) is 0 Å². The van der Waals surface area contributed by atoms with Crippen molar-refractivity contribution in [3.8, 4) is 5.75 Å². The number of hydrogen-bond donors (Lipinski definition) is 2. The minimum Gasteiger partial charge on any atom is -0.489 e. The van der Waals surface area contributed by atoms with Crippen molar-refractivity contribution in [2.24, 2.45) is 4.99 Å². The van der Waals surface area contributed by atoms with Crippen molar-refractivity contribution in [1.29, 1.82) is 0 Å². The highest BCUT2D eigenvalue weighted by Crippen LogP contribution is 2.17. The van der Waals surface area contributed by atoms with Gasteiger partial charge in [-0.1, -0.05) is 30.9 Å². The molecule has 25 heavy (non-hydrogen) atoms.